The molecule has 2 aromatic heterocycles. The number of piperazine rings is 1. The van der Waals surface area contributed by atoms with Gasteiger partial charge >= 0.3 is 0 Å². The predicted molar refractivity (Wildman–Crippen MR) is 76.6 cm³/mol. The number of hydrogen-bond acceptors (Lipinski definition) is 6. The van der Waals surface area contributed by atoms with E-state index in [0.29, 0.717) is 5.69 Å². The molecule has 0 amide bonds. The highest BCUT2D eigenvalue weighted by atomic mass is 16.3. The monoisotopic (exact) mass is 271 g/mol. The van der Waals surface area contributed by atoms with Crippen LogP contribution in [0.4, 0.5) is 11.6 Å². The molecule has 0 saturated carbocycles. The molecule has 2 aromatic rings. The standard InChI is InChI=1S/C14H17N5O/c20-11-12-4-5-14(17-16-12)19-9-7-18(8-10-19)13-3-1-2-6-15-13/h1-6,20H,7-11H2. The van der Waals surface area contributed by atoms with Crippen molar-refractivity contribution in [1.29, 1.82) is 0 Å². The minimum Gasteiger partial charge on any atom is -0.390 e. The molecule has 1 fully saturated rings. The van der Waals surface area contributed by atoms with Gasteiger partial charge in [-0.25, -0.2) is 4.98 Å². The highest BCUT2D eigenvalue weighted by Crippen LogP contribution is 2.16. The van der Waals surface area contributed by atoms with Gasteiger partial charge in [-0.1, -0.05) is 6.07 Å². The zero-order chi connectivity index (χ0) is 13.8. The fourth-order valence-electron chi connectivity index (χ4n) is 2.31. The molecular weight excluding hydrogens is 254 g/mol. The number of aromatic nitrogens is 3. The van der Waals surface area contributed by atoms with E-state index in [1.54, 1.807) is 0 Å². The smallest absolute Gasteiger partial charge is 0.151 e. The molecule has 1 N–H and O–H groups in total. The SMILES string of the molecule is OCc1ccc(N2CCN(c3ccccn3)CC2)nn1. The number of rotatable bonds is 3. The lowest BCUT2D eigenvalue weighted by atomic mass is 10.3. The molecule has 104 valence electrons. The fourth-order valence-corrected chi connectivity index (χ4v) is 2.31. The third-order valence-electron chi connectivity index (χ3n) is 3.44. The molecule has 1 aliphatic heterocycles. The van der Waals surface area contributed by atoms with Crippen LogP contribution in [0.5, 0.6) is 0 Å². The normalized spacial score (nSPS) is 15.4. The van der Waals surface area contributed by atoms with Crippen LogP contribution in [0.15, 0.2) is 36.5 Å². The van der Waals surface area contributed by atoms with Crippen LogP contribution in [0.3, 0.4) is 0 Å². The maximum absolute atomic E-state index is 8.97. The van der Waals surface area contributed by atoms with Crippen molar-refractivity contribution in [2.75, 3.05) is 36.0 Å². The van der Waals surface area contributed by atoms with E-state index in [9.17, 15) is 0 Å². The van der Waals surface area contributed by atoms with Crippen molar-refractivity contribution < 1.29 is 5.11 Å². The third-order valence-corrected chi connectivity index (χ3v) is 3.44. The van der Waals surface area contributed by atoms with E-state index in [4.69, 9.17) is 5.11 Å². The summed E-state index contributed by atoms with van der Waals surface area (Å²) in [7, 11) is 0. The van der Waals surface area contributed by atoms with Gasteiger partial charge in [-0.15, -0.1) is 5.10 Å². The van der Waals surface area contributed by atoms with Gasteiger partial charge in [0, 0.05) is 32.4 Å². The number of nitrogens with zero attached hydrogens (tertiary/aromatic N) is 5. The number of aliphatic hydroxyl groups excluding tert-OH is 1. The van der Waals surface area contributed by atoms with Crippen LogP contribution in [-0.2, 0) is 6.61 Å². The molecule has 0 aliphatic carbocycles. The van der Waals surface area contributed by atoms with Gasteiger partial charge in [0.2, 0.25) is 0 Å². The molecule has 0 atom stereocenters. The minimum absolute atomic E-state index is 0.0687. The average molecular weight is 271 g/mol. The summed E-state index contributed by atoms with van der Waals surface area (Å²) in [6, 6.07) is 9.69. The number of anilines is 2. The predicted octanol–water partition coefficient (Wildman–Crippen LogP) is 0.690. The highest BCUT2D eigenvalue weighted by molar-refractivity contribution is 5.44. The van der Waals surface area contributed by atoms with E-state index >= 15 is 0 Å². The third kappa shape index (κ3) is 2.70. The summed E-state index contributed by atoms with van der Waals surface area (Å²) in [4.78, 5) is 8.85. The van der Waals surface area contributed by atoms with Crippen molar-refractivity contribution in [3.05, 3.63) is 42.2 Å². The van der Waals surface area contributed by atoms with Gasteiger partial charge in [0.05, 0.1) is 12.3 Å². The van der Waals surface area contributed by atoms with E-state index < -0.39 is 0 Å². The second kappa shape index (κ2) is 5.83. The Kier molecular flexibility index (Phi) is 3.73. The molecule has 3 heterocycles. The molecular formula is C14H17N5O. The van der Waals surface area contributed by atoms with Gasteiger partial charge in [0.1, 0.15) is 5.82 Å². The van der Waals surface area contributed by atoms with Crippen molar-refractivity contribution in [3.63, 3.8) is 0 Å². The van der Waals surface area contributed by atoms with E-state index in [-0.39, 0.29) is 6.61 Å². The number of aliphatic hydroxyl groups is 1. The van der Waals surface area contributed by atoms with Crippen LogP contribution in [0.1, 0.15) is 5.69 Å². The first-order valence-electron chi connectivity index (χ1n) is 6.71. The molecule has 0 bridgehead atoms. The number of pyridine rings is 1. The van der Waals surface area contributed by atoms with E-state index in [1.807, 2.05) is 36.5 Å². The fraction of sp³-hybridized carbons (Fsp3) is 0.357. The molecule has 1 saturated heterocycles. The Morgan fingerprint density at radius 3 is 2.20 bits per heavy atom. The summed E-state index contributed by atoms with van der Waals surface area (Å²) in [6.45, 7) is 3.55. The Labute approximate surface area is 117 Å². The summed E-state index contributed by atoms with van der Waals surface area (Å²) < 4.78 is 0. The molecule has 0 spiro atoms. The Morgan fingerprint density at radius 1 is 0.900 bits per heavy atom. The van der Waals surface area contributed by atoms with Crippen molar-refractivity contribution in [2.24, 2.45) is 0 Å². The lowest BCUT2D eigenvalue weighted by Crippen LogP contribution is -2.47. The molecule has 6 heteroatoms. The second-order valence-corrected chi connectivity index (χ2v) is 4.70. The van der Waals surface area contributed by atoms with E-state index in [1.165, 1.54) is 0 Å². The first kappa shape index (κ1) is 12.8. The Morgan fingerprint density at radius 2 is 1.65 bits per heavy atom. The summed E-state index contributed by atoms with van der Waals surface area (Å²) in [6.07, 6.45) is 1.82. The molecule has 0 radical (unpaired) electrons. The highest BCUT2D eigenvalue weighted by Gasteiger charge is 2.19. The summed E-state index contributed by atoms with van der Waals surface area (Å²) in [5, 5.41) is 17.1. The zero-order valence-corrected chi connectivity index (χ0v) is 11.2. The first-order valence-corrected chi connectivity index (χ1v) is 6.71. The molecule has 0 aromatic carbocycles. The minimum atomic E-state index is -0.0687. The van der Waals surface area contributed by atoms with Gasteiger partial charge in [-0.2, -0.15) is 5.10 Å². The lowest BCUT2D eigenvalue weighted by molar-refractivity contribution is 0.275. The maximum atomic E-state index is 8.97. The maximum Gasteiger partial charge on any atom is 0.151 e. The molecule has 1 aliphatic rings. The van der Waals surface area contributed by atoms with Crippen LogP contribution in [0.25, 0.3) is 0 Å². The van der Waals surface area contributed by atoms with Gasteiger partial charge in [-0.05, 0) is 24.3 Å². The quantitative estimate of drug-likeness (QED) is 0.886. The van der Waals surface area contributed by atoms with Gasteiger partial charge in [0.25, 0.3) is 0 Å². The summed E-state index contributed by atoms with van der Waals surface area (Å²) >= 11 is 0. The van der Waals surface area contributed by atoms with Gasteiger partial charge < -0.3 is 14.9 Å². The second-order valence-electron chi connectivity index (χ2n) is 4.70. The lowest BCUT2D eigenvalue weighted by Gasteiger charge is -2.35. The molecule has 3 rings (SSSR count). The summed E-state index contributed by atoms with van der Waals surface area (Å²) in [5.74, 6) is 1.89. The van der Waals surface area contributed by atoms with Crippen LogP contribution < -0.4 is 9.80 Å². The van der Waals surface area contributed by atoms with Crippen molar-refractivity contribution >= 4 is 11.6 Å². The Balaban J connectivity index is 1.63. The van der Waals surface area contributed by atoms with Gasteiger partial charge in [0.15, 0.2) is 5.82 Å². The average Bonchev–Trinajstić information content (AvgIpc) is 2.56. The van der Waals surface area contributed by atoms with Gasteiger partial charge in [-0.3, -0.25) is 0 Å². The first-order chi connectivity index (χ1) is 9.86. The van der Waals surface area contributed by atoms with Crippen molar-refractivity contribution in [1.82, 2.24) is 15.2 Å². The molecule has 6 nitrogen and oxygen atoms in total. The number of hydrogen-bond donors (Lipinski definition) is 1. The van der Waals surface area contributed by atoms with Crippen LogP contribution in [0, 0.1) is 0 Å². The van der Waals surface area contributed by atoms with Crippen LogP contribution in [-0.4, -0.2) is 46.5 Å². The van der Waals surface area contributed by atoms with Crippen molar-refractivity contribution in [2.45, 2.75) is 6.61 Å². The summed E-state index contributed by atoms with van der Waals surface area (Å²) in [5.41, 5.74) is 0.598. The zero-order valence-electron chi connectivity index (χ0n) is 11.2. The van der Waals surface area contributed by atoms with E-state index in [0.717, 1.165) is 37.8 Å². The topological polar surface area (TPSA) is 65.4 Å². The Hall–Kier alpha value is -2.21. The largest absolute Gasteiger partial charge is 0.390 e. The van der Waals surface area contributed by atoms with Crippen LogP contribution >= 0.6 is 0 Å². The van der Waals surface area contributed by atoms with Crippen molar-refractivity contribution in [3.8, 4) is 0 Å². The molecule has 20 heavy (non-hydrogen) atoms. The Bertz CT molecular complexity index is 537. The van der Waals surface area contributed by atoms with Crippen LogP contribution in [0.2, 0.25) is 0 Å². The molecule has 0 unspecified atom stereocenters. The van der Waals surface area contributed by atoms with E-state index in [2.05, 4.69) is 25.0 Å².